The molecule has 0 heterocycles. The Morgan fingerprint density at radius 2 is 0.781 bits per heavy atom. The number of rotatable bonds is 22. The zero-order valence-corrected chi connectivity index (χ0v) is 42.3. The van der Waals surface area contributed by atoms with Crippen LogP contribution in [0.1, 0.15) is 284 Å². The first-order chi connectivity index (χ1) is 31.2. The third-order valence-corrected chi connectivity index (χ3v) is 23.0. The lowest BCUT2D eigenvalue weighted by Crippen LogP contribution is -2.46. The lowest BCUT2D eigenvalue weighted by Gasteiger charge is -2.58. The zero-order chi connectivity index (χ0) is 44.5. The van der Waals surface area contributed by atoms with Gasteiger partial charge in [0.05, 0.1) is 12.1 Å². The number of nitrogens with zero attached hydrogens (tertiary/aromatic N) is 2. The Morgan fingerprint density at radius 3 is 1.09 bits per heavy atom. The van der Waals surface area contributed by atoms with Crippen LogP contribution in [0.15, 0.2) is 0 Å². The summed E-state index contributed by atoms with van der Waals surface area (Å²) in [5, 5.41) is 20.6. The first kappa shape index (κ1) is 49.1. The highest BCUT2D eigenvalue weighted by molar-refractivity contribution is 5.78. The second-order valence-electron chi connectivity index (χ2n) is 26.2. The largest absolute Gasteiger partial charge is 0.300 e. The number of fused-ring (bicyclic) bond motifs is 6. The zero-order valence-electron chi connectivity index (χ0n) is 42.3. The maximum atomic E-state index is 12.8. The van der Waals surface area contributed by atoms with E-state index in [1.807, 2.05) is 0 Å². The highest BCUT2D eigenvalue weighted by atomic mass is 16.1. The molecule has 0 radical (unpaired) electrons. The van der Waals surface area contributed by atoms with Crippen molar-refractivity contribution in [1.29, 1.82) is 10.5 Å². The molecule has 64 heavy (non-hydrogen) atoms. The molecule has 0 N–H and O–H groups in total. The monoisotopic (exact) mass is 877 g/mol. The number of Topliss-reactive ketones (excluding diaryl/α,β-unsaturated/α-hetero) is 1. The van der Waals surface area contributed by atoms with Gasteiger partial charge in [0.2, 0.25) is 0 Å². The maximum absolute atomic E-state index is 12.8. The fraction of sp³-hybridized carbons (Fsp3) is 0.951. The van der Waals surface area contributed by atoms with Gasteiger partial charge >= 0.3 is 0 Å². The van der Waals surface area contributed by atoms with Gasteiger partial charge in [0.15, 0.2) is 0 Å². The molecule has 0 aliphatic heterocycles. The Hall–Kier alpha value is -1.35. The first-order valence-corrected chi connectivity index (χ1v) is 29.5. The van der Waals surface area contributed by atoms with Gasteiger partial charge in [-0.3, -0.25) is 4.79 Å². The normalized spacial score (nSPS) is 40.9. The van der Waals surface area contributed by atoms with Crippen molar-refractivity contribution in [3.8, 4) is 12.1 Å². The lowest BCUT2D eigenvalue weighted by molar-refractivity contribution is -0.119. The number of nitriles is 2. The molecule has 3 heteroatoms. The van der Waals surface area contributed by atoms with E-state index < -0.39 is 0 Å². The van der Waals surface area contributed by atoms with Gasteiger partial charge in [-0.15, -0.1) is 0 Å². The minimum Gasteiger partial charge on any atom is -0.300 e. The topological polar surface area (TPSA) is 64.7 Å². The van der Waals surface area contributed by atoms with E-state index in [2.05, 4.69) is 26.0 Å². The minimum atomic E-state index is 0.294. The van der Waals surface area contributed by atoms with Crippen LogP contribution in [0.25, 0.3) is 0 Å². The average Bonchev–Trinajstić information content (AvgIpc) is 3.35. The van der Waals surface area contributed by atoms with Crippen LogP contribution in [0.2, 0.25) is 0 Å². The Balaban J connectivity index is 0.621. The van der Waals surface area contributed by atoms with Gasteiger partial charge in [0.25, 0.3) is 0 Å². The maximum Gasteiger partial charge on any atom is 0.132 e. The number of carbonyl (C=O) groups is 1. The van der Waals surface area contributed by atoms with Gasteiger partial charge in [-0.05, 0) is 236 Å². The van der Waals surface area contributed by atoms with Crippen LogP contribution in [0, 0.1) is 104 Å². The molecule has 10 aliphatic rings. The number of hydrogen-bond acceptors (Lipinski definition) is 3. The quantitative estimate of drug-likeness (QED) is 0.102. The molecule has 2 atom stereocenters. The molecule has 10 rings (SSSR count). The summed E-state index contributed by atoms with van der Waals surface area (Å²) in [5.41, 5.74) is 2.78. The average molecular weight is 877 g/mol. The van der Waals surface area contributed by atoms with Crippen LogP contribution in [-0.2, 0) is 4.79 Å². The number of ketones is 1. The van der Waals surface area contributed by atoms with Crippen molar-refractivity contribution in [3.63, 3.8) is 0 Å². The van der Waals surface area contributed by atoms with Crippen LogP contribution in [-0.4, -0.2) is 5.78 Å². The second-order valence-corrected chi connectivity index (χ2v) is 26.2. The van der Waals surface area contributed by atoms with Crippen LogP contribution in [0.5, 0.6) is 0 Å². The van der Waals surface area contributed by atoms with E-state index in [4.69, 9.17) is 0 Å². The van der Waals surface area contributed by atoms with Crippen molar-refractivity contribution in [2.45, 2.75) is 284 Å². The molecule has 3 nitrogen and oxygen atoms in total. The van der Waals surface area contributed by atoms with Gasteiger partial charge in [-0.25, -0.2) is 0 Å². The van der Waals surface area contributed by atoms with Crippen LogP contribution < -0.4 is 0 Å². The molecule has 10 aliphatic carbocycles. The predicted octanol–water partition coefficient (Wildman–Crippen LogP) is 18.2. The predicted molar refractivity (Wildman–Crippen MR) is 266 cm³/mol. The van der Waals surface area contributed by atoms with Crippen molar-refractivity contribution in [1.82, 2.24) is 0 Å². The molecule has 4 bridgehead atoms. The molecule has 0 aromatic rings. The van der Waals surface area contributed by atoms with E-state index in [9.17, 15) is 15.3 Å². The summed E-state index contributed by atoms with van der Waals surface area (Å²) in [6, 6.07) is 5.71. The lowest BCUT2D eigenvalue weighted by atomic mass is 9.47. The smallest absolute Gasteiger partial charge is 0.132 e. The first-order valence-electron chi connectivity index (χ1n) is 29.5. The molecule has 0 saturated heterocycles. The summed E-state index contributed by atoms with van der Waals surface area (Å²) in [4.78, 5) is 12.8. The standard InChI is InChI=1S/C61H100N2O/c1-3-29-58-31-37-60(38-32-58,39-33-58)55-25-21-51(22-26-55)53(45-62)43-49-17-13-47(14-18-49)9-5-7-11-57(64)12-8-6-10-48-15-19-50(20-16-48)44-54(46-63)52-23-27-56(28-24-52)61-40-34-59(30-4-2,35-41-61)36-42-61/h47-56H,3-44H2,1-2H3/t47-,48?,49-,50?,51?,52?,53?,54?,55?,56?,58?,59?,60?,61?. The summed E-state index contributed by atoms with van der Waals surface area (Å²) in [5.74, 6) is 7.56. The second kappa shape index (κ2) is 22.8. The summed E-state index contributed by atoms with van der Waals surface area (Å²) in [7, 11) is 0. The highest BCUT2D eigenvalue weighted by Crippen LogP contribution is 2.65. The van der Waals surface area contributed by atoms with Crippen molar-refractivity contribution >= 4 is 5.78 Å². The Labute approximate surface area is 396 Å². The van der Waals surface area contributed by atoms with Crippen molar-refractivity contribution in [2.75, 3.05) is 0 Å². The molecule has 2 unspecified atom stereocenters. The van der Waals surface area contributed by atoms with Gasteiger partial charge in [-0.2, -0.15) is 10.5 Å². The van der Waals surface area contributed by atoms with Gasteiger partial charge in [0.1, 0.15) is 5.78 Å². The van der Waals surface area contributed by atoms with Gasteiger partial charge in [-0.1, -0.05) is 104 Å². The fourth-order valence-corrected chi connectivity index (χ4v) is 18.5. The number of hydrogen-bond donors (Lipinski definition) is 0. The van der Waals surface area contributed by atoms with Crippen molar-refractivity contribution in [2.24, 2.45) is 80.8 Å². The number of carbonyl (C=O) groups excluding carboxylic acids is 1. The van der Waals surface area contributed by atoms with E-state index >= 15 is 0 Å². The SMILES string of the molecule is CCCC12CCC(C3CCC(C(C#N)CC4CCC(CCCCC(=O)CCCC[C@H]5CC[C@H](CC(C#N)C6CCC(C78CCC(CCC)(CC7)CC8)CC6)CC5)CC4)CC3)(CC1)CC2. The molecule has 0 spiro atoms. The molecule has 0 aromatic heterocycles. The van der Waals surface area contributed by atoms with E-state index in [1.54, 1.807) is 0 Å². The van der Waals surface area contributed by atoms with Crippen LogP contribution in [0.3, 0.4) is 0 Å². The Kier molecular flexibility index (Phi) is 17.5. The van der Waals surface area contributed by atoms with Gasteiger partial charge in [0, 0.05) is 24.7 Å². The molecule has 360 valence electrons. The summed E-state index contributed by atoms with van der Waals surface area (Å²) in [6.45, 7) is 4.78. The summed E-state index contributed by atoms with van der Waals surface area (Å²) < 4.78 is 0. The summed E-state index contributed by atoms with van der Waals surface area (Å²) >= 11 is 0. The minimum absolute atomic E-state index is 0.294. The fourth-order valence-electron chi connectivity index (χ4n) is 18.5. The van der Waals surface area contributed by atoms with Crippen molar-refractivity contribution < 1.29 is 4.79 Å². The van der Waals surface area contributed by atoms with Crippen molar-refractivity contribution in [3.05, 3.63) is 0 Å². The van der Waals surface area contributed by atoms with Crippen LogP contribution in [0.4, 0.5) is 0 Å². The third-order valence-electron chi connectivity index (χ3n) is 23.0. The Morgan fingerprint density at radius 1 is 0.453 bits per heavy atom. The van der Waals surface area contributed by atoms with Gasteiger partial charge < -0.3 is 0 Å². The molecule has 10 fully saturated rings. The third kappa shape index (κ3) is 11.9. The van der Waals surface area contributed by atoms with E-state index in [0.717, 1.165) is 72.0 Å². The molecule has 10 saturated carbocycles. The number of unbranched alkanes of at least 4 members (excludes halogenated alkanes) is 2. The Bertz CT molecular complexity index is 1350. The summed E-state index contributed by atoms with van der Waals surface area (Å²) in [6.07, 6.45) is 56.7. The molecule has 0 amide bonds. The molecular weight excluding hydrogens is 777 g/mol. The highest BCUT2D eigenvalue weighted by Gasteiger charge is 2.53. The van der Waals surface area contributed by atoms with E-state index in [0.29, 0.717) is 40.3 Å². The van der Waals surface area contributed by atoms with E-state index in [1.165, 1.54) is 244 Å². The van der Waals surface area contributed by atoms with E-state index in [-0.39, 0.29) is 0 Å². The molecule has 0 aromatic carbocycles. The van der Waals surface area contributed by atoms with Crippen LogP contribution >= 0.6 is 0 Å². The molecular formula is C61H100N2O.